The van der Waals surface area contributed by atoms with Crippen molar-refractivity contribution in [2.24, 2.45) is 10.8 Å². The second kappa shape index (κ2) is 6.58. The van der Waals surface area contributed by atoms with Crippen molar-refractivity contribution in [1.29, 1.82) is 0 Å². The highest BCUT2D eigenvalue weighted by molar-refractivity contribution is 14.1. The lowest BCUT2D eigenvalue weighted by Crippen LogP contribution is -2.36. The molecule has 17 heavy (non-hydrogen) atoms. The SMILES string of the molecule is C=C/C=C(\C=C)C(C)(C)C(I)C(C)(C)/C=C/C. The topological polar surface area (TPSA) is 0 Å². The molecule has 0 N–H and O–H groups in total. The number of hydrogen-bond donors (Lipinski definition) is 0. The van der Waals surface area contributed by atoms with Gasteiger partial charge in [0.25, 0.3) is 0 Å². The minimum Gasteiger partial charge on any atom is -0.0991 e. The Bertz CT molecular complexity index is 329. The minimum absolute atomic E-state index is 0.0690. The van der Waals surface area contributed by atoms with Crippen LogP contribution in [0.5, 0.6) is 0 Å². The van der Waals surface area contributed by atoms with E-state index < -0.39 is 0 Å². The Labute approximate surface area is 121 Å². The molecule has 0 rings (SSSR count). The standard InChI is InChI=1S/C16H25I/c1-8-11-13(10-3)16(6,7)14(17)15(4,5)12-9-2/h8-12,14H,1,3H2,2,4-7H3/b12-9+,13-11+. The Morgan fingerprint density at radius 2 is 1.71 bits per heavy atom. The molecule has 0 amide bonds. The zero-order valence-corrected chi connectivity index (χ0v) is 13.9. The molecule has 1 heteroatoms. The van der Waals surface area contributed by atoms with E-state index in [9.17, 15) is 0 Å². The van der Waals surface area contributed by atoms with Gasteiger partial charge >= 0.3 is 0 Å². The van der Waals surface area contributed by atoms with Crippen LogP contribution in [0, 0.1) is 10.8 Å². The van der Waals surface area contributed by atoms with Crippen molar-refractivity contribution in [3.8, 4) is 0 Å². The van der Waals surface area contributed by atoms with Crippen LogP contribution in [0.25, 0.3) is 0 Å². The van der Waals surface area contributed by atoms with Gasteiger partial charge < -0.3 is 0 Å². The summed E-state index contributed by atoms with van der Waals surface area (Å²) < 4.78 is 0.480. The summed E-state index contributed by atoms with van der Waals surface area (Å²) in [5.74, 6) is 0. The molecule has 0 nitrogen and oxygen atoms in total. The fourth-order valence-electron chi connectivity index (χ4n) is 2.26. The van der Waals surface area contributed by atoms with E-state index in [1.54, 1.807) is 0 Å². The first-order chi connectivity index (χ1) is 7.73. The van der Waals surface area contributed by atoms with Crippen LogP contribution in [0.15, 0.2) is 49.1 Å². The Balaban J connectivity index is 5.37. The summed E-state index contributed by atoms with van der Waals surface area (Å²) in [5, 5.41) is 0. The lowest BCUT2D eigenvalue weighted by atomic mass is 9.70. The van der Waals surface area contributed by atoms with Crippen molar-refractivity contribution in [2.45, 2.75) is 38.5 Å². The third kappa shape index (κ3) is 4.13. The van der Waals surface area contributed by atoms with Gasteiger partial charge in [-0.15, -0.1) is 0 Å². The number of rotatable bonds is 6. The molecule has 0 aromatic rings. The maximum absolute atomic E-state index is 3.92. The van der Waals surface area contributed by atoms with E-state index in [2.05, 4.69) is 88.6 Å². The van der Waals surface area contributed by atoms with Gasteiger partial charge in [-0.2, -0.15) is 0 Å². The molecule has 0 aliphatic rings. The Morgan fingerprint density at radius 3 is 2.06 bits per heavy atom. The van der Waals surface area contributed by atoms with Crippen molar-refractivity contribution < 1.29 is 0 Å². The molecule has 0 fully saturated rings. The minimum atomic E-state index is 0.0690. The summed E-state index contributed by atoms with van der Waals surface area (Å²) in [6, 6.07) is 0. The van der Waals surface area contributed by atoms with Crippen LogP contribution >= 0.6 is 22.6 Å². The quantitative estimate of drug-likeness (QED) is 0.250. The second-order valence-corrected chi connectivity index (χ2v) is 6.71. The van der Waals surface area contributed by atoms with E-state index >= 15 is 0 Å². The predicted molar refractivity (Wildman–Crippen MR) is 88.7 cm³/mol. The monoisotopic (exact) mass is 344 g/mol. The molecule has 0 bridgehead atoms. The normalized spacial score (nSPS) is 16.0. The van der Waals surface area contributed by atoms with Crippen molar-refractivity contribution in [3.05, 3.63) is 49.1 Å². The first kappa shape index (κ1) is 16.7. The summed E-state index contributed by atoms with van der Waals surface area (Å²) in [4.78, 5) is 0. The van der Waals surface area contributed by atoms with Gasteiger partial charge in [0.2, 0.25) is 0 Å². The van der Waals surface area contributed by atoms with Crippen molar-refractivity contribution in [3.63, 3.8) is 0 Å². The molecule has 0 radical (unpaired) electrons. The third-order valence-electron chi connectivity index (χ3n) is 3.14. The molecule has 1 atom stereocenters. The molecule has 0 spiro atoms. The van der Waals surface area contributed by atoms with Gasteiger partial charge in [0.1, 0.15) is 0 Å². The van der Waals surface area contributed by atoms with Crippen LogP contribution in [0.3, 0.4) is 0 Å². The molecule has 0 aromatic carbocycles. The molecule has 0 heterocycles. The maximum atomic E-state index is 3.92. The first-order valence-corrected chi connectivity index (χ1v) is 7.22. The smallest absolute Gasteiger partial charge is 0.0287 e. The fourth-order valence-corrected chi connectivity index (χ4v) is 2.83. The van der Waals surface area contributed by atoms with Crippen molar-refractivity contribution in [2.75, 3.05) is 0 Å². The number of allylic oxidation sites excluding steroid dienone is 6. The van der Waals surface area contributed by atoms with Crippen LogP contribution in [-0.2, 0) is 0 Å². The summed E-state index contributed by atoms with van der Waals surface area (Å²) in [6.45, 7) is 18.9. The average molecular weight is 344 g/mol. The van der Waals surface area contributed by atoms with Gasteiger partial charge in [0.15, 0.2) is 0 Å². The number of hydrogen-bond acceptors (Lipinski definition) is 0. The molecule has 96 valence electrons. The molecule has 0 saturated carbocycles. The number of halogens is 1. The number of alkyl halides is 1. The van der Waals surface area contributed by atoms with Gasteiger partial charge in [-0.1, -0.05) is 93.8 Å². The highest BCUT2D eigenvalue weighted by Gasteiger charge is 2.38. The fraction of sp³-hybridized carbons (Fsp3) is 0.500. The Kier molecular flexibility index (Phi) is 6.46. The molecular formula is C16H25I. The highest BCUT2D eigenvalue weighted by atomic mass is 127. The van der Waals surface area contributed by atoms with Gasteiger partial charge in [-0.3, -0.25) is 0 Å². The van der Waals surface area contributed by atoms with Crippen LogP contribution in [0.4, 0.5) is 0 Å². The van der Waals surface area contributed by atoms with Crippen LogP contribution < -0.4 is 0 Å². The third-order valence-corrected chi connectivity index (χ3v) is 6.31. The van der Waals surface area contributed by atoms with Crippen molar-refractivity contribution in [1.82, 2.24) is 0 Å². The van der Waals surface area contributed by atoms with Crippen LogP contribution in [0.2, 0.25) is 0 Å². The largest absolute Gasteiger partial charge is 0.0991 e. The Hall–Kier alpha value is -0.310. The van der Waals surface area contributed by atoms with E-state index in [0.29, 0.717) is 3.92 Å². The van der Waals surface area contributed by atoms with Gasteiger partial charge in [0.05, 0.1) is 0 Å². The molecule has 0 saturated heterocycles. The van der Waals surface area contributed by atoms with Gasteiger partial charge in [0, 0.05) is 9.34 Å². The maximum Gasteiger partial charge on any atom is 0.0287 e. The molecule has 0 aliphatic carbocycles. The van der Waals surface area contributed by atoms with E-state index in [1.807, 2.05) is 12.2 Å². The van der Waals surface area contributed by atoms with E-state index in [4.69, 9.17) is 0 Å². The van der Waals surface area contributed by atoms with Crippen molar-refractivity contribution >= 4 is 22.6 Å². The summed E-state index contributed by atoms with van der Waals surface area (Å²) in [5.41, 5.74) is 1.46. The molecule has 0 aromatic heterocycles. The van der Waals surface area contributed by atoms with Gasteiger partial charge in [-0.05, 0) is 17.9 Å². The Morgan fingerprint density at radius 1 is 1.18 bits per heavy atom. The summed E-state index contributed by atoms with van der Waals surface area (Å²) in [6.07, 6.45) is 10.3. The molecule has 0 aliphatic heterocycles. The summed E-state index contributed by atoms with van der Waals surface area (Å²) in [7, 11) is 0. The first-order valence-electron chi connectivity index (χ1n) is 5.97. The highest BCUT2D eigenvalue weighted by Crippen LogP contribution is 2.45. The van der Waals surface area contributed by atoms with Gasteiger partial charge in [-0.25, -0.2) is 0 Å². The average Bonchev–Trinajstić information content (AvgIpc) is 2.24. The second-order valence-electron chi connectivity index (χ2n) is 5.47. The zero-order valence-electron chi connectivity index (χ0n) is 11.8. The van der Waals surface area contributed by atoms with E-state index in [1.165, 1.54) is 5.57 Å². The lowest BCUT2D eigenvalue weighted by molar-refractivity contribution is 0.316. The predicted octanol–water partition coefficient (Wildman–Crippen LogP) is 5.72. The van der Waals surface area contributed by atoms with Crippen LogP contribution in [-0.4, -0.2) is 3.92 Å². The molecule has 1 unspecified atom stereocenters. The van der Waals surface area contributed by atoms with E-state index in [-0.39, 0.29) is 10.8 Å². The lowest BCUT2D eigenvalue weighted by Gasteiger charge is -2.40. The summed E-state index contributed by atoms with van der Waals surface area (Å²) >= 11 is 2.55. The molecular weight excluding hydrogens is 319 g/mol. The van der Waals surface area contributed by atoms with E-state index in [0.717, 1.165) is 0 Å². The van der Waals surface area contributed by atoms with Crippen LogP contribution in [0.1, 0.15) is 34.6 Å². The zero-order chi connectivity index (χ0) is 13.7.